The van der Waals surface area contributed by atoms with Gasteiger partial charge < -0.3 is 9.84 Å². The molecule has 0 unspecified atom stereocenters. The third-order valence-corrected chi connectivity index (χ3v) is 2.05. The molecular weight excluding hydrogens is 237 g/mol. The molecule has 2 N–H and O–H groups in total. The van der Waals surface area contributed by atoms with Crippen LogP contribution in [0.2, 0.25) is 0 Å². The number of H-pyrrole nitrogens is 1. The summed E-state index contributed by atoms with van der Waals surface area (Å²) in [6.07, 6.45) is -3.39. The van der Waals surface area contributed by atoms with Gasteiger partial charge in [0, 0.05) is 6.07 Å². The molecule has 2 rings (SSSR count). The summed E-state index contributed by atoms with van der Waals surface area (Å²) >= 11 is 0. The first-order valence-electron chi connectivity index (χ1n) is 4.73. The molecule has 0 aliphatic heterocycles. The van der Waals surface area contributed by atoms with Crippen molar-refractivity contribution in [2.24, 2.45) is 0 Å². The average molecular weight is 246 g/mol. The molecule has 0 bridgehead atoms. The number of alkyl halides is 3. The molecule has 0 spiro atoms. The Morgan fingerprint density at radius 2 is 2.24 bits per heavy atom. The van der Waals surface area contributed by atoms with Crippen molar-refractivity contribution in [2.75, 3.05) is 5.32 Å². The molecule has 0 aliphatic rings. The molecule has 0 atom stereocenters. The SMILES string of the molecule is Cc1cc(CNc2cn[nH]c2C(F)(F)F)on1. The number of aromatic amines is 1. The fourth-order valence-electron chi connectivity index (χ4n) is 1.32. The Morgan fingerprint density at radius 1 is 1.47 bits per heavy atom. The van der Waals surface area contributed by atoms with E-state index >= 15 is 0 Å². The van der Waals surface area contributed by atoms with Gasteiger partial charge in [0.15, 0.2) is 11.5 Å². The number of halogens is 3. The van der Waals surface area contributed by atoms with Gasteiger partial charge in [-0.1, -0.05) is 5.16 Å². The number of nitrogens with one attached hydrogen (secondary N) is 2. The van der Waals surface area contributed by atoms with Gasteiger partial charge in [0.1, 0.15) is 0 Å². The minimum absolute atomic E-state index is 0.115. The van der Waals surface area contributed by atoms with Crippen LogP contribution in [0, 0.1) is 6.92 Å². The lowest BCUT2D eigenvalue weighted by atomic mass is 10.3. The van der Waals surface area contributed by atoms with E-state index in [0.717, 1.165) is 6.20 Å². The lowest BCUT2D eigenvalue weighted by Gasteiger charge is -2.07. The average Bonchev–Trinajstić information content (AvgIpc) is 2.81. The topological polar surface area (TPSA) is 66.7 Å². The molecule has 2 aromatic heterocycles. The van der Waals surface area contributed by atoms with Gasteiger partial charge in [-0.25, -0.2) is 0 Å². The van der Waals surface area contributed by atoms with Crippen LogP contribution in [-0.2, 0) is 12.7 Å². The van der Waals surface area contributed by atoms with Gasteiger partial charge in [0.2, 0.25) is 0 Å². The van der Waals surface area contributed by atoms with Crippen LogP contribution in [0.3, 0.4) is 0 Å². The zero-order valence-electron chi connectivity index (χ0n) is 8.80. The van der Waals surface area contributed by atoms with Gasteiger partial charge in [0.25, 0.3) is 0 Å². The van der Waals surface area contributed by atoms with Gasteiger partial charge >= 0.3 is 6.18 Å². The monoisotopic (exact) mass is 246 g/mol. The Kier molecular flexibility index (Phi) is 2.78. The zero-order valence-corrected chi connectivity index (χ0v) is 8.80. The number of rotatable bonds is 3. The van der Waals surface area contributed by atoms with E-state index in [4.69, 9.17) is 4.52 Å². The molecule has 2 aromatic rings. The van der Waals surface area contributed by atoms with Crippen molar-refractivity contribution >= 4 is 5.69 Å². The highest BCUT2D eigenvalue weighted by atomic mass is 19.4. The van der Waals surface area contributed by atoms with E-state index in [9.17, 15) is 13.2 Å². The van der Waals surface area contributed by atoms with E-state index < -0.39 is 11.9 Å². The Balaban J connectivity index is 2.07. The number of aryl methyl sites for hydroxylation is 1. The van der Waals surface area contributed by atoms with E-state index in [2.05, 4.69) is 15.6 Å². The first kappa shape index (κ1) is 11.5. The molecule has 5 nitrogen and oxygen atoms in total. The lowest BCUT2D eigenvalue weighted by molar-refractivity contribution is -0.140. The van der Waals surface area contributed by atoms with Gasteiger partial charge in [0.05, 0.1) is 24.1 Å². The molecule has 17 heavy (non-hydrogen) atoms. The van der Waals surface area contributed by atoms with Crippen LogP contribution in [0.15, 0.2) is 16.8 Å². The van der Waals surface area contributed by atoms with E-state index in [-0.39, 0.29) is 12.2 Å². The van der Waals surface area contributed by atoms with E-state index in [1.165, 1.54) is 0 Å². The number of hydrogen-bond donors (Lipinski definition) is 2. The molecule has 0 radical (unpaired) electrons. The largest absolute Gasteiger partial charge is 0.434 e. The summed E-state index contributed by atoms with van der Waals surface area (Å²) in [5.41, 5.74) is -0.356. The second-order valence-electron chi connectivity index (χ2n) is 3.44. The van der Waals surface area contributed by atoms with Crippen LogP contribution in [0.25, 0.3) is 0 Å². The maximum Gasteiger partial charge on any atom is 0.434 e. The summed E-state index contributed by atoms with van der Waals surface area (Å²) in [6, 6.07) is 1.64. The Morgan fingerprint density at radius 3 is 2.82 bits per heavy atom. The van der Waals surface area contributed by atoms with Crippen molar-refractivity contribution in [2.45, 2.75) is 19.6 Å². The van der Waals surface area contributed by atoms with Crippen molar-refractivity contribution in [1.82, 2.24) is 15.4 Å². The summed E-state index contributed by atoms with van der Waals surface area (Å²) in [7, 11) is 0. The maximum absolute atomic E-state index is 12.5. The van der Waals surface area contributed by atoms with E-state index in [1.54, 1.807) is 13.0 Å². The first-order chi connectivity index (χ1) is 7.97. The summed E-state index contributed by atoms with van der Waals surface area (Å²) in [4.78, 5) is 0. The van der Waals surface area contributed by atoms with Crippen molar-refractivity contribution in [3.05, 3.63) is 29.4 Å². The lowest BCUT2D eigenvalue weighted by Crippen LogP contribution is -2.10. The van der Waals surface area contributed by atoms with E-state index in [1.807, 2.05) is 5.10 Å². The fourth-order valence-corrected chi connectivity index (χ4v) is 1.32. The van der Waals surface area contributed by atoms with Crippen molar-refractivity contribution in [3.8, 4) is 0 Å². The van der Waals surface area contributed by atoms with Crippen molar-refractivity contribution in [3.63, 3.8) is 0 Å². The standard InChI is InChI=1S/C9H9F3N4O/c1-5-2-6(17-16-5)3-13-7-4-14-15-8(7)9(10,11)12/h2,4,13H,3H2,1H3,(H,14,15). The number of hydrogen-bond acceptors (Lipinski definition) is 4. The minimum Gasteiger partial charge on any atom is -0.375 e. The predicted octanol–water partition coefficient (Wildman–Crippen LogP) is 2.34. The molecule has 0 aromatic carbocycles. The summed E-state index contributed by atoms with van der Waals surface area (Å²) in [6.45, 7) is 1.84. The molecule has 0 fully saturated rings. The summed E-state index contributed by atoms with van der Waals surface area (Å²) < 4.78 is 42.3. The second kappa shape index (κ2) is 4.11. The minimum atomic E-state index is -4.46. The van der Waals surface area contributed by atoms with Gasteiger partial charge in [-0.05, 0) is 6.92 Å². The van der Waals surface area contributed by atoms with Crippen LogP contribution in [0.4, 0.5) is 18.9 Å². The highest BCUT2D eigenvalue weighted by Gasteiger charge is 2.35. The van der Waals surface area contributed by atoms with Crippen LogP contribution in [-0.4, -0.2) is 15.4 Å². The first-order valence-corrected chi connectivity index (χ1v) is 4.73. The number of anilines is 1. The van der Waals surface area contributed by atoms with E-state index in [0.29, 0.717) is 11.5 Å². The molecule has 2 heterocycles. The van der Waals surface area contributed by atoms with Crippen LogP contribution >= 0.6 is 0 Å². The van der Waals surface area contributed by atoms with Crippen LogP contribution in [0.5, 0.6) is 0 Å². The molecule has 8 heteroatoms. The quantitative estimate of drug-likeness (QED) is 0.872. The molecule has 0 aliphatic carbocycles. The summed E-state index contributed by atoms with van der Waals surface area (Å²) in [5.74, 6) is 0.455. The third-order valence-electron chi connectivity index (χ3n) is 2.05. The molecule has 0 saturated heterocycles. The van der Waals surface area contributed by atoms with Gasteiger partial charge in [-0.15, -0.1) is 0 Å². The fraction of sp³-hybridized carbons (Fsp3) is 0.333. The third kappa shape index (κ3) is 2.58. The summed E-state index contributed by atoms with van der Waals surface area (Å²) in [5, 5.41) is 11.5. The van der Waals surface area contributed by atoms with Gasteiger partial charge in [-0.3, -0.25) is 5.10 Å². The Bertz CT molecular complexity index is 502. The molecular formula is C9H9F3N4O. The number of nitrogens with zero attached hydrogens (tertiary/aromatic N) is 2. The van der Waals surface area contributed by atoms with Crippen molar-refractivity contribution < 1.29 is 17.7 Å². The van der Waals surface area contributed by atoms with Crippen LogP contribution < -0.4 is 5.32 Å². The molecule has 0 amide bonds. The second-order valence-corrected chi connectivity index (χ2v) is 3.44. The predicted molar refractivity (Wildman–Crippen MR) is 52.2 cm³/mol. The van der Waals surface area contributed by atoms with Crippen LogP contribution in [0.1, 0.15) is 17.1 Å². The zero-order chi connectivity index (χ0) is 12.5. The molecule has 92 valence electrons. The highest BCUT2D eigenvalue weighted by molar-refractivity contribution is 5.47. The normalized spacial score (nSPS) is 11.8. The Labute approximate surface area is 94.0 Å². The maximum atomic E-state index is 12.5. The van der Waals surface area contributed by atoms with Gasteiger partial charge in [-0.2, -0.15) is 18.3 Å². The number of aromatic nitrogens is 3. The van der Waals surface area contributed by atoms with Crippen molar-refractivity contribution in [1.29, 1.82) is 0 Å². The Hall–Kier alpha value is -1.99. The highest BCUT2D eigenvalue weighted by Crippen LogP contribution is 2.32. The molecule has 0 saturated carbocycles. The smallest absolute Gasteiger partial charge is 0.375 e.